The van der Waals surface area contributed by atoms with Crippen molar-refractivity contribution in [2.45, 2.75) is 13.3 Å². The van der Waals surface area contributed by atoms with E-state index in [1.807, 2.05) is 13.0 Å². The van der Waals surface area contributed by atoms with E-state index in [4.69, 9.17) is 9.84 Å². The van der Waals surface area contributed by atoms with E-state index in [9.17, 15) is 9.59 Å². The first-order valence-electron chi connectivity index (χ1n) is 6.31. The van der Waals surface area contributed by atoms with Crippen molar-refractivity contribution in [1.82, 2.24) is 4.98 Å². The standard InChI is InChI=1S/C14H14N2O4S/c1-2-10-12(13(18)19)21-14(15-10)16-11(17)8-20-9-6-4-3-5-7-9/h3-7H,2,8H2,1H3,(H,18,19)(H,15,16,17). The Labute approximate surface area is 125 Å². The summed E-state index contributed by atoms with van der Waals surface area (Å²) in [6, 6.07) is 8.95. The van der Waals surface area contributed by atoms with Crippen molar-refractivity contribution >= 4 is 28.3 Å². The third-order valence-corrected chi connectivity index (χ3v) is 3.59. The Morgan fingerprint density at radius 2 is 2.05 bits per heavy atom. The smallest absolute Gasteiger partial charge is 0.347 e. The molecule has 110 valence electrons. The number of thiazole rings is 1. The number of hydrogen-bond donors (Lipinski definition) is 2. The number of nitrogens with one attached hydrogen (secondary N) is 1. The molecule has 2 aromatic rings. The van der Waals surface area contributed by atoms with Gasteiger partial charge in [-0.1, -0.05) is 36.5 Å². The van der Waals surface area contributed by atoms with Crippen molar-refractivity contribution in [3.8, 4) is 5.75 Å². The maximum atomic E-state index is 11.7. The van der Waals surface area contributed by atoms with Crippen LogP contribution in [0.25, 0.3) is 0 Å². The molecule has 0 aliphatic carbocycles. The van der Waals surface area contributed by atoms with Crippen molar-refractivity contribution < 1.29 is 19.4 Å². The Balaban J connectivity index is 1.95. The zero-order chi connectivity index (χ0) is 15.2. The van der Waals surface area contributed by atoms with Gasteiger partial charge in [0.15, 0.2) is 11.7 Å². The summed E-state index contributed by atoms with van der Waals surface area (Å²) in [6.07, 6.45) is 0.495. The predicted octanol–water partition coefficient (Wildman–Crippen LogP) is 2.42. The van der Waals surface area contributed by atoms with Crippen LogP contribution in [0.5, 0.6) is 5.75 Å². The molecule has 2 N–H and O–H groups in total. The molecule has 7 heteroatoms. The number of hydrogen-bond acceptors (Lipinski definition) is 5. The molecule has 0 spiro atoms. The summed E-state index contributed by atoms with van der Waals surface area (Å²) in [5.74, 6) is -0.829. The summed E-state index contributed by atoms with van der Waals surface area (Å²) in [7, 11) is 0. The number of carboxylic acid groups (broad SMARTS) is 1. The Morgan fingerprint density at radius 3 is 2.62 bits per heavy atom. The Kier molecular flexibility index (Phi) is 4.89. The Morgan fingerprint density at radius 1 is 1.33 bits per heavy atom. The Hall–Kier alpha value is -2.41. The number of anilines is 1. The van der Waals surface area contributed by atoms with Gasteiger partial charge in [-0.15, -0.1) is 0 Å². The van der Waals surface area contributed by atoms with Gasteiger partial charge in [0, 0.05) is 0 Å². The van der Waals surface area contributed by atoms with Gasteiger partial charge in [0.1, 0.15) is 10.6 Å². The third-order valence-electron chi connectivity index (χ3n) is 2.59. The van der Waals surface area contributed by atoms with Gasteiger partial charge >= 0.3 is 5.97 Å². The first-order chi connectivity index (χ1) is 10.1. The largest absolute Gasteiger partial charge is 0.484 e. The first-order valence-corrected chi connectivity index (χ1v) is 7.12. The van der Waals surface area contributed by atoms with Gasteiger partial charge in [-0.2, -0.15) is 0 Å². The number of rotatable bonds is 6. The lowest BCUT2D eigenvalue weighted by Gasteiger charge is -2.05. The summed E-state index contributed by atoms with van der Waals surface area (Å²) >= 11 is 0.944. The second-order valence-electron chi connectivity index (χ2n) is 4.10. The first kappa shape index (κ1) is 15.0. The van der Waals surface area contributed by atoms with Crippen molar-refractivity contribution in [2.24, 2.45) is 0 Å². The van der Waals surface area contributed by atoms with E-state index in [1.54, 1.807) is 24.3 Å². The number of benzene rings is 1. The molecular formula is C14H14N2O4S. The van der Waals surface area contributed by atoms with Gasteiger partial charge in [-0.05, 0) is 18.6 Å². The van der Waals surface area contributed by atoms with Crippen molar-refractivity contribution in [2.75, 3.05) is 11.9 Å². The average Bonchev–Trinajstić information content (AvgIpc) is 2.89. The molecule has 0 unspecified atom stereocenters. The van der Waals surface area contributed by atoms with Gasteiger partial charge in [0.25, 0.3) is 5.91 Å². The molecule has 0 fully saturated rings. The number of para-hydroxylation sites is 1. The van der Waals surface area contributed by atoms with Gasteiger partial charge in [-0.25, -0.2) is 9.78 Å². The van der Waals surface area contributed by atoms with Gasteiger partial charge in [-0.3, -0.25) is 10.1 Å². The highest BCUT2D eigenvalue weighted by Crippen LogP contribution is 2.23. The quantitative estimate of drug-likeness (QED) is 0.855. The third kappa shape index (κ3) is 4.03. The lowest BCUT2D eigenvalue weighted by Crippen LogP contribution is -2.20. The number of carbonyl (C=O) groups excluding carboxylic acids is 1. The van der Waals surface area contributed by atoms with Crippen LogP contribution < -0.4 is 10.1 Å². The van der Waals surface area contributed by atoms with Crippen LogP contribution in [-0.2, 0) is 11.2 Å². The minimum absolute atomic E-state index is 0.150. The van der Waals surface area contributed by atoms with E-state index in [2.05, 4.69) is 10.3 Å². The van der Waals surface area contributed by atoms with Crippen LogP contribution in [-0.4, -0.2) is 28.6 Å². The number of aromatic nitrogens is 1. The SMILES string of the molecule is CCc1nc(NC(=O)COc2ccccc2)sc1C(=O)O. The maximum Gasteiger partial charge on any atom is 0.347 e. The lowest BCUT2D eigenvalue weighted by molar-refractivity contribution is -0.118. The van der Waals surface area contributed by atoms with Crippen LogP contribution in [0.4, 0.5) is 5.13 Å². The summed E-state index contributed by atoms with van der Waals surface area (Å²) < 4.78 is 5.30. The molecule has 0 atom stereocenters. The topological polar surface area (TPSA) is 88.5 Å². The van der Waals surface area contributed by atoms with Gasteiger partial charge in [0.05, 0.1) is 5.69 Å². The molecule has 0 bridgehead atoms. The predicted molar refractivity (Wildman–Crippen MR) is 79.0 cm³/mol. The van der Waals surface area contributed by atoms with E-state index in [-0.39, 0.29) is 22.5 Å². The normalized spacial score (nSPS) is 10.1. The maximum absolute atomic E-state index is 11.7. The molecule has 21 heavy (non-hydrogen) atoms. The minimum Gasteiger partial charge on any atom is -0.484 e. The fourth-order valence-electron chi connectivity index (χ4n) is 1.63. The number of aryl methyl sites for hydroxylation is 1. The van der Waals surface area contributed by atoms with Crippen LogP contribution in [0.3, 0.4) is 0 Å². The Bertz CT molecular complexity index is 640. The average molecular weight is 306 g/mol. The number of carboxylic acids is 1. The van der Waals surface area contributed by atoms with E-state index in [1.165, 1.54) is 0 Å². The molecule has 0 aliphatic heterocycles. The molecule has 0 radical (unpaired) electrons. The molecule has 2 rings (SSSR count). The van der Waals surface area contributed by atoms with Gasteiger partial charge < -0.3 is 9.84 Å². The monoisotopic (exact) mass is 306 g/mol. The zero-order valence-electron chi connectivity index (χ0n) is 11.3. The van der Waals surface area contributed by atoms with Crippen molar-refractivity contribution in [3.05, 3.63) is 40.9 Å². The number of nitrogens with zero attached hydrogens (tertiary/aromatic N) is 1. The molecule has 0 saturated carbocycles. The number of carbonyl (C=O) groups is 2. The van der Waals surface area contributed by atoms with E-state index in [0.29, 0.717) is 17.9 Å². The van der Waals surface area contributed by atoms with Crippen LogP contribution in [0.15, 0.2) is 30.3 Å². The van der Waals surface area contributed by atoms with E-state index in [0.717, 1.165) is 11.3 Å². The van der Waals surface area contributed by atoms with Crippen LogP contribution in [0.1, 0.15) is 22.3 Å². The van der Waals surface area contributed by atoms with Crippen molar-refractivity contribution in [3.63, 3.8) is 0 Å². The summed E-state index contributed by atoms with van der Waals surface area (Å²) in [4.78, 5) is 27.0. The van der Waals surface area contributed by atoms with Crippen molar-refractivity contribution in [1.29, 1.82) is 0 Å². The molecule has 0 saturated heterocycles. The fraction of sp³-hybridized carbons (Fsp3) is 0.214. The molecule has 0 aliphatic rings. The van der Waals surface area contributed by atoms with E-state index < -0.39 is 5.97 Å². The fourth-order valence-corrected chi connectivity index (χ4v) is 2.54. The number of ether oxygens (including phenoxy) is 1. The number of aromatic carboxylic acids is 1. The second kappa shape index (κ2) is 6.85. The molecule has 1 aromatic carbocycles. The van der Waals surface area contributed by atoms with E-state index >= 15 is 0 Å². The summed E-state index contributed by atoms with van der Waals surface area (Å²) in [6.45, 7) is 1.65. The van der Waals surface area contributed by atoms with Gasteiger partial charge in [0.2, 0.25) is 0 Å². The van der Waals surface area contributed by atoms with Crippen LogP contribution in [0, 0.1) is 0 Å². The number of amides is 1. The molecule has 1 aromatic heterocycles. The van der Waals surface area contributed by atoms with Crippen LogP contribution in [0.2, 0.25) is 0 Å². The molecule has 1 amide bonds. The van der Waals surface area contributed by atoms with Crippen LogP contribution >= 0.6 is 11.3 Å². The molecule has 1 heterocycles. The zero-order valence-corrected chi connectivity index (χ0v) is 12.1. The summed E-state index contributed by atoms with van der Waals surface area (Å²) in [5, 5.41) is 11.8. The highest BCUT2D eigenvalue weighted by Gasteiger charge is 2.17. The minimum atomic E-state index is -1.04. The molecular weight excluding hydrogens is 292 g/mol. The summed E-state index contributed by atoms with van der Waals surface area (Å²) in [5.41, 5.74) is 0.465. The highest BCUT2D eigenvalue weighted by atomic mass is 32.1. The second-order valence-corrected chi connectivity index (χ2v) is 5.10. The molecule has 6 nitrogen and oxygen atoms in total. The highest BCUT2D eigenvalue weighted by molar-refractivity contribution is 7.17. The lowest BCUT2D eigenvalue weighted by atomic mass is 10.3.